The highest BCUT2D eigenvalue weighted by molar-refractivity contribution is 6.30. The molecule has 2 aliphatic rings. The van der Waals surface area contributed by atoms with Crippen LogP contribution in [0.25, 0.3) is 0 Å². The normalized spacial score (nSPS) is 17.7. The monoisotopic (exact) mass is 371 g/mol. The highest BCUT2D eigenvalue weighted by Crippen LogP contribution is 2.22. The maximum Gasteiger partial charge on any atom is 0.274 e. The fraction of sp³-hybridized carbons (Fsp3) is 0.421. The van der Waals surface area contributed by atoms with Crippen molar-refractivity contribution in [2.45, 2.75) is 12.8 Å². The minimum Gasteiger partial charge on any atom is -0.368 e. The molecule has 0 unspecified atom stereocenters. The van der Waals surface area contributed by atoms with Crippen LogP contribution in [0.2, 0.25) is 5.02 Å². The van der Waals surface area contributed by atoms with E-state index in [4.69, 9.17) is 11.6 Å². The fourth-order valence-corrected chi connectivity index (χ4v) is 3.73. The Bertz CT molecular complexity index is 768. The molecular formula is C19H22ClN5O. The Balaban J connectivity index is 1.37. The molecule has 2 aromatic rings. The minimum absolute atomic E-state index is 0.00711. The third-order valence-electron chi connectivity index (χ3n) is 5.03. The van der Waals surface area contributed by atoms with Crippen LogP contribution >= 0.6 is 11.6 Å². The van der Waals surface area contributed by atoms with Gasteiger partial charge in [0.05, 0.1) is 12.4 Å². The number of amides is 1. The zero-order valence-electron chi connectivity index (χ0n) is 14.6. The molecule has 1 aromatic heterocycles. The predicted molar refractivity (Wildman–Crippen MR) is 103 cm³/mol. The number of rotatable bonds is 3. The molecule has 26 heavy (non-hydrogen) atoms. The van der Waals surface area contributed by atoms with E-state index < -0.39 is 0 Å². The SMILES string of the molecule is O=C(c1cnc(N2CCN(c3cccc(Cl)c3)CC2)cn1)N1CCCC1. The van der Waals surface area contributed by atoms with Crippen LogP contribution in [0.4, 0.5) is 11.5 Å². The van der Waals surface area contributed by atoms with E-state index in [1.165, 1.54) is 0 Å². The molecule has 0 N–H and O–H groups in total. The summed E-state index contributed by atoms with van der Waals surface area (Å²) >= 11 is 6.09. The van der Waals surface area contributed by atoms with Crippen molar-refractivity contribution in [1.29, 1.82) is 0 Å². The third kappa shape index (κ3) is 3.60. The van der Waals surface area contributed by atoms with Gasteiger partial charge in [-0.1, -0.05) is 17.7 Å². The molecular weight excluding hydrogens is 350 g/mol. The van der Waals surface area contributed by atoms with Gasteiger partial charge in [-0.15, -0.1) is 0 Å². The summed E-state index contributed by atoms with van der Waals surface area (Å²) in [5.74, 6) is 0.820. The predicted octanol–water partition coefficient (Wildman–Crippen LogP) is 2.69. The lowest BCUT2D eigenvalue weighted by molar-refractivity contribution is 0.0786. The summed E-state index contributed by atoms with van der Waals surface area (Å²) in [5, 5.41) is 0.758. The lowest BCUT2D eigenvalue weighted by atomic mass is 10.2. The molecule has 0 aliphatic carbocycles. The lowest BCUT2D eigenvalue weighted by Gasteiger charge is -2.36. The first kappa shape index (κ1) is 17.1. The fourth-order valence-electron chi connectivity index (χ4n) is 3.54. The van der Waals surface area contributed by atoms with Gasteiger partial charge in [-0.3, -0.25) is 4.79 Å². The van der Waals surface area contributed by atoms with Crippen LogP contribution in [-0.2, 0) is 0 Å². The Labute approximate surface area is 158 Å². The van der Waals surface area contributed by atoms with Gasteiger partial charge in [-0.05, 0) is 31.0 Å². The van der Waals surface area contributed by atoms with Crippen LogP contribution in [0, 0.1) is 0 Å². The number of aromatic nitrogens is 2. The van der Waals surface area contributed by atoms with Crippen molar-refractivity contribution in [3.8, 4) is 0 Å². The van der Waals surface area contributed by atoms with Crippen LogP contribution in [0.1, 0.15) is 23.3 Å². The number of piperazine rings is 1. The van der Waals surface area contributed by atoms with Gasteiger partial charge in [0, 0.05) is 50.0 Å². The van der Waals surface area contributed by atoms with Crippen molar-refractivity contribution in [3.05, 3.63) is 47.4 Å². The van der Waals surface area contributed by atoms with E-state index in [2.05, 4.69) is 25.8 Å². The van der Waals surface area contributed by atoms with Crippen LogP contribution in [0.15, 0.2) is 36.7 Å². The second-order valence-corrected chi connectivity index (χ2v) is 7.15. The number of benzene rings is 1. The maximum atomic E-state index is 12.4. The molecule has 1 aromatic carbocycles. The topological polar surface area (TPSA) is 52.6 Å². The van der Waals surface area contributed by atoms with E-state index in [1.807, 2.05) is 23.1 Å². The lowest BCUT2D eigenvalue weighted by Crippen LogP contribution is -2.46. The zero-order chi connectivity index (χ0) is 17.9. The zero-order valence-corrected chi connectivity index (χ0v) is 15.4. The molecule has 3 heterocycles. The van der Waals surface area contributed by atoms with Gasteiger partial charge in [-0.2, -0.15) is 0 Å². The van der Waals surface area contributed by atoms with Gasteiger partial charge in [0.25, 0.3) is 5.91 Å². The molecule has 6 nitrogen and oxygen atoms in total. The van der Waals surface area contributed by atoms with Crippen molar-refractivity contribution in [3.63, 3.8) is 0 Å². The highest BCUT2D eigenvalue weighted by atomic mass is 35.5. The number of carbonyl (C=O) groups excluding carboxylic acids is 1. The molecule has 2 aliphatic heterocycles. The van der Waals surface area contributed by atoms with Crippen molar-refractivity contribution in [2.75, 3.05) is 49.1 Å². The summed E-state index contributed by atoms with van der Waals surface area (Å²) in [7, 11) is 0. The summed E-state index contributed by atoms with van der Waals surface area (Å²) < 4.78 is 0. The molecule has 2 fully saturated rings. The number of hydrogen-bond donors (Lipinski definition) is 0. The summed E-state index contributed by atoms with van der Waals surface area (Å²) in [6.45, 7) is 5.18. The summed E-state index contributed by atoms with van der Waals surface area (Å²) in [4.78, 5) is 27.6. The van der Waals surface area contributed by atoms with Crippen molar-refractivity contribution < 1.29 is 4.79 Å². The second-order valence-electron chi connectivity index (χ2n) is 6.71. The van der Waals surface area contributed by atoms with E-state index in [0.717, 1.165) is 68.6 Å². The average Bonchev–Trinajstić information content (AvgIpc) is 3.23. The third-order valence-corrected chi connectivity index (χ3v) is 5.26. The molecule has 0 radical (unpaired) electrons. The molecule has 2 saturated heterocycles. The van der Waals surface area contributed by atoms with E-state index >= 15 is 0 Å². The van der Waals surface area contributed by atoms with Crippen molar-refractivity contribution in [1.82, 2.24) is 14.9 Å². The second kappa shape index (κ2) is 7.50. The Hall–Kier alpha value is -2.34. The Morgan fingerprint density at radius 3 is 2.31 bits per heavy atom. The quantitative estimate of drug-likeness (QED) is 0.830. The molecule has 1 amide bonds. The van der Waals surface area contributed by atoms with Crippen LogP contribution < -0.4 is 9.80 Å². The maximum absolute atomic E-state index is 12.4. The minimum atomic E-state index is -0.00711. The first-order chi connectivity index (χ1) is 12.7. The summed E-state index contributed by atoms with van der Waals surface area (Å²) in [6, 6.07) is 7.95. The number of halogens is 1. The number of likely N-dealkylation sites (tertiary alicyclic amines) is 1. The first-order valence-electron chi connectivity index (χ1n) is 9.07. The van der Waals surface area contributed by atoms with E-state index in [1.54, 1.807) is 12.4 Å². The van der Waals surface area contributed by atoms with Gasteiger partial charge < -0.3 is 14.7 Å². The molecule has 0 bridgehead atoms. The molecule has 0 atom stereocenters. The van der Waals surface area contributed by atoms with E-state index in [-0.39, 0.29) is 5.91 Å². The Kier molecular flexibility index (Phi) is 4.93. The number of hydrogen-bond acceptors (Lipinski definition) is 5. The smallest absolute Gasteiger partial charge is 0.274 e. The molecule has 4 rings (SSSR count). The summed E-state index contributed by atoms with van der Waals surface area (Å²) in [6.07, 6.45) is 5.49. The van der Waals surface area contributed by atoms with Gasteiger partial charge in [0.1, 0.15) is 11.5 Å². The van der Waals surface area contributed by atoms with Crippen molar-refractivity contribution >= 4 is 29.0 Å². The molecule has 0 saturated carbocycles. The number of nitrogens with zero attached hydrogens (tertiary/aromatic N) is 5. The van der Waals surface area contributed by atoms with Gasteiger partial charge >= 0.3 is 0 Å². The van der Waals surface area contributed by atoms with Gasteiger partial charge in [-0.25, -0.2) is 9.97 Å². The number of anilines is 2. The average molecular weight is 372 g/mol. The molecule has 0 spiro atoms. The van der Waals surface area contributed by atoms with E-state index in [9.17, 15) is 4.79 Å². The van der Waals surface area contributed by atoms with Gasteiger partial charge in [0.2, 0.25) is 0 Å². The van der Waals surface area contributed by atoms with Crippen LogP contribution in [0.5, 0.6) is 0 Å². The van der Waals surface area contributed by atoms with Crippen molar-refractivity contribution in [2.24, 2.45) is 0 Å². The summed E-state index contributed by atoms with van der Waals surface area (Å²) in [5.41, 5.74) is 1.59. The molecule has 7 heteroatoms. The van der Waals surface area contributed by atoms with Crippen LogP contribution in [0.3, 0.4) is 0 Å². The Morgan fingerprint density at radius 1 is 0.923 bits per heavy atom. The molecule has 136 valence electrons. The van der Waals surface area contributed by atoms with Crippen LogP contribution in [-0.4, -0.2) is 60.0 Å². The standard InChI is InChI=1S/C19H22ClN5O/c20-15-4-3-5-16(12-15)23-8-10-24(11-9-23)18-14-21-17(13-22-18)19(26)25-6-1-2-7-25/h3-5,12-14H,1-2,6-11H2. The first-order valence-corrected chi connectivity index (χ1v) is 9.45. The largest absolute Gasteiger partial charge is 0.368 e. The van der Waals surface area contributed by atoms with Gasteiger partial charge in [0.15, 0.2) is 0 Å². The van der Waals surface area contributed by atoms with E-state index in [0.29, 0.717) is 5.69 Å². The highest BCUT2D eigenvalue weighted by Gasteiger charge is 2.22. The number of carbonyl (C=O) groups is 1. The Morgan fingerprint density at radius 2 is 1.65 bits per heavy atom.